The number of carboxylic acid groups (broad SMARTS) is 1. The maximum atomic E-state index is 12.9. The molecule has 2 aromatic rings. The second kappa shape index (κ2) is 5.90. The number of aryl methyl sites for hydroxylation is 1. The fourth-order valence-corrected chi connectivity index (χ4v) is 5.03. The Morgan fingerprint density at radius 3 is 2.84 bits per heavy atom. The topological polar surface area (TPSA) is 73.4 Å². The number of nitrogens with one attached hydrogen (secondary N) is 1. The first-order valence-electron chi connectivity index (χ1n) is 9.16. The SMILES string of the molecule is CC[C@@]1(C(=O)O)C[C@@H]2CC[C@H]1N2C(=O)CCc1c[nH]c2ccccc12. The molecule has 0 radical (unpaired) electrons. The number of amides is 1. The number of hydrogen-bond donors (Lipinski definition) is 2. The summed E-state index contributed by atoms with van der Waals surface area (Å²) in [5.41, 5.74) is 1.50. The van der Waals surface area contributed by atoms with Crippen LogP contribution in [0.1, 0.15) is 44.6 Å². The van der Waals surface area contributed by atoms with Gasteiger partial charge in [0.2, 0.25) is 5.91 Å². The fourth-order valence-electron chi connectivity index (χ4n) is 5.03. The van der Waals surface area contributed by atoms with Gasteiger partial charge in [0, 0.05) is 35.6 Å². The number of aromatic nitrogens is 1. The van der Waals surface area contributed by atoms with Crippen LogP contribution in [0.3, 0.4) is 0 Å². The van der Waals surface area contributed by atoms with E-state index >= 15 is 0 Å². The van der Waals surface area contributed by atoms with Crippen LogP contribution in [0.25, 0.3) is 10.9 Å². The third-order valence-electron chi connectivity index (χ3n) is 6.37. The molecular weight excluding hydrogens is 316 g/mol. The number of fused-ring (bicyclic) bond motifs is 3. The van der Waals surface area contributed by atoms with Crippen molar-refractivity contribution in [2.45, 2.75) is 57.5 Å². The van der Waals surface area contributed by atoms with Gasteiger partial charge < -0.3 is 15.0 Å². The zero-order chi connectivity index (χ0) is 17.6. The summed E-state index contributed by atoms with van der Waals surface area (Å²) in [5, 5.41) is 10.9. The number of aromatic amines is 1. The van der Waals surface area contributed by atoms with Crippen molar-refractivity contribution in [2.24, 2.45) is 5.41 Å². The number of hydrogen-bond acceptors (Lipinski definition) is 2. The zero-order valence-electron chi connectivity index (χ0n) is 14.5. The van der Waals surface area contributed by atoms with E-state index in [2.05, 4.69) is 11.1 Å². The minimum absolute atomic E-state index is 0.106. The van der Waals surface area contributed by atoms with Crippen LogP contribution in [0, 0.1) is 5.41 Å². The number of nitrogens with zero attached hydrogens (tertiary/aromatic N) is 1. The number of benzene rings is 1. The van der Waals surface area contributed by atoms with Gasteiger partial charge in [-0.2, -0.15) is 0 Å². The molecule has 2 bridgehead atoms. The summed E-state index contributed by atoms with van der Waals surface area (Å²) in [4.78, 5) is 29.9. The highest BCUT2D eigenvalue weighted by atomic mass is 16.4. The van der Waals surface area contributed by atoms with Crippen LogP contribution in [0.2, 0.25) is 0 Å². The third kappa shape index (κ3) is 2.36. The van der Waals surface area contributed by atoms with Crippen LogP contribution < -0.4 is 0 Å². The number of para-hydroxylation sites is 1. The monoisotopic (exact) mass is 340 g/mol. The fraction of sp³-hybridized carbons (Fsp3) is 0.500. The van der Waals surface area contributed by atoms with Gasteiger partial charge in [0.1, 0.15) is 0 Å². The van der Waals surface area contributed by atoms with E-state index < -0.39 is 11.4 Å². The molecule has 2 aliphatic heterocycles. The molecule has 0 aliphatic carbocycles. The van der Waals surface area contributed by atoms with Gasteiger partial charge in [-0.25, -0.2) is 0 Å². The molecule has 2 N–H and O–H groups in total. The van der Waals surface area contributed by atoms with E-state index in [0.717, 1.165) is 29.3 Å². The van der Waals surface area contributed by atoms with Gasteiger partial charge in [-0.3, -0.25) is 9.59 Å². The quantitative estimate of drug-likeness (QED) is 0.877. The first-order valence-corrected chi connectivity index (χ1v) is 9.16. The van der Waals surface area contributed by atoms with E-state index in [1.54, 1.807) is 0 Å². The number of rotatable bonds is 5. The molecule has 2 fully saturated rings. The molecule has 3 atom stereocenters. The third-order valence-corrected chi connectivity index (χ3v) is 6.37. The lowest BCUT2D eigenvalue weighted by Gasteiger charge is -2.32. The van der Waals surface area contributed by atoms with Crippen molar-refractivity contribution in [3.05, 3.63) is 36.0 Å². The number of carbonyl (C=O) groups excluding carboxylic acids is 1. The van der Waals surface area contributed by atoms with E-state index in [9.17, 15) is 14.7 Å². The Bertz CT molecular complexity index is 827. The minimum atomic E-state index is -0.739. The number of carboxylic acids is 1. The Morgan fingerprint density at radius 1 is 1.32 bits per heavy atom. The predicted octanol–water partition coefficient (Wildman–Crippen LogP) is 3.34. The van der Waals surface area contributed by atoms with Crippen molar-refractivity contribution in [1.29, 1.82) is 0 Å². The molecule has 1 aromatic heterocycles. The van der Waals surface area contributed by atoms with Gasteiger partial charge in [0.05, 0.1) is 5.41 Å². The summed E-state index contributed by atoms with van der Waals surface area (Å²) >= 11 is 0. The van der Waals surface area contributed by atoms with E-state index in [4.69, 9.17) is 0 Å². The highest BCUT2D eigenvalue weighted by Gasteiger charge is 2.60. The Kier molecular flexibility index (Phi) is 3.82. The van der Waals surface area contributed by atoms with Crippen LogP contribution in [-0.4, -0.2) is 39.0 Å². The molecule has 0 saturated carbocycles. The molecule has 5 heteroatoms. The van der Waals surface area contributed by atoms with Crippen molar-refractivity contribution in [3.8, 4) is 0 Å². The van der Waals surface area contributed by atoms with E-state index in [1.165, 1.54) is 0 Å². The van der Waals surface area contributed by atoms with Crippen LogP contribution in [-0.2, 0) is 16.0 Å². The average Bonchev–Trinajstić information content (AvgIpc) is 3.31. The van der Waals surface area contributed by atoms with Crippen molar-refractivity contribution >= 4 is 22.8 Å². The predicted molar refractivity (Wildman–Crippen MR) is 95.3 cm³/mol. The molecule has 2 saturated heterocycles. The number of carbonyl (C=O) groups is 2. The summed E-state index contributed by atoms with van der Waals surface area (Å²) in [6.45, 7) is 1.93. The lowest BCUT2D eigenvalue weighted by molar-refractivity contribution is -0.151. The van der Waals surface area contributed by atoms with E-state index in [-0.39, 0.29) is 18.0 Å². The van der Waals surface area contributed by atoms with Gasteiger partial charge in [-0.05, 0) is 43.7 Å². The maximum Gasteiger partial charge on any atom is 0.311 e. The molecule has 0 spiro atoms. The van der Waals surface area contributed by atoms with Crippen molar-refractivity contribution in [1.82, 2.24) is 9.88 Å². The zero-order valence-corrected chi connectivity index (χ0v) is 14.5. The van der Waals surface area contributed by atoms with Crippen LogP contribution in [0.5, 0.6) is 0 Å². The van der Waals surface area contributed by atoms with Gasteiger partial charge in [-0.15, -0.1) is 0 Å². The lowest BCUT2D eigenvalue weighted by atomic mass is 9.72. The van der Waals surface area contributed by atoms with E-state index in [1.807, 2.05) is 36.2 Å². The van der Waals surface area contributed by atoms with Crippen LogP contribution in [0.15, 0.2) is 30.5 Å². The Morgan fingerprint density at radius 2 is 2.12 bits per heavy atom. The van der Waals surface area contributed by atoms with E-state index in [0.29, 0.717) is 25.7 Å². The summed E-state index contributed by atoms with van der Waals surface area (Å²) in [7, 11) is 0. The minimum Gasteiger partial charge on any atom is -0.481 e. The molecular formula is C20H24N2O3. The van der Waals surface area contributed by atoms with Crippen molar-refractivity contribution < 1.29 is 14.7 Å². The summed E-state index contributed by atoms with van der Waals surface area (Å²) in [5.74, 6) is -0.633. The van der Waals surface area contributed by atoms with Gasteiger partial charge >= 0.3 is 5.97 Å². The maximum absolute atomic E-state index is 12.9. The second-order valence-corrected chi connectivity index (χ2v) is 7.43. The van der Waals surface area contributed by atoms with Crippen LogP contribution in [0.4, 0.5) is 0 Å². The Hall–Kier alpha value is -2.30. The van der Waals surface area contributed by atoms with Crippen molar-refractivity contribution in [2.75, 3.05) is 0 Å². The van der Waals surface area contributed by atoms with Crippen molar-refractivity contribution in [3.63, 3.8) is 0 Å². The molecule has 5 nitrogen and oxygen atoms in total. The highest BCUT2D eigenvalue weighted by Crippen LogP contribution is 2.52. The molecule has 132 valence electrons. The second-order valence-electron chi connectivity index (χ2n) is 7.43. The van der Waals surface area contributed by atoms with Crippen LogP contribution >= 0.6 is 0 Å². The molecule has 1 aromatic carbocycles. The molecule has 3 heterocycles. The van der Waals surface area contributed by atoms with Gasteiger partial charge in [-0.1, -0.05) is 25.1 Å². The molecule has 2 aliphatic rings. The molecule has 25 heavy (non-hydrogen) atoms. The first-order chi connectivity index (χ1) is 12.1. The number of aliphatic carboxylic acids is 1. The first kappa shape index (κ1) is 16.2. The Balaban J connectivity index is 1.50. The van der Waals surface area contributed by atoms with Gasteiger partial charge in [0.25, 0.3) is 0 Å². The number of H-pyrrole nitrogens is 1. The average molecular weight is 340 g/mol. The lowest BCUT2D eigenvalue weighted by Crippen LogP contribution is -2.44. The summed E-state index contributed by atoms with van der Waals surface area (Å²) in [6, 6.07) is 8.07. The molecule has 4 rings (SSSR count). The normalized spacial score (nSPS) is 28.0. The largest absolute Gasteiger partial charge is 0.481 e. The highest BCUT2D eigenvalue weighted by molar-refractivity contribution is 5.85. The summed E-state index contributed by atoms with van der Waals surface area (Å²) in [6.07, 6.45) is 6.07. The standard InChI is InChI=1S/C20H24N2O3/c1-2-20(19(24)25)11-14-8-9-17(20)22(14)18(23)10-7-13-12-21-16-6-4-3-5-15(13)16/h3-6,12,14,17,21H,2,7-11H2,1H3,(H,24,25)/t14-,17+,20+/m0/s1. The smallest absolute Gasteiger partial charge is 0.311 e. The van der Waals surface area contributed by atoms with Gasteiger partial charge in [0.15, 0.2) is 0 Å². The summed E-state index contributed by atoms with van der Waals surface area (Å²) < 4.78 is 0. The Labute approximate surface area is 147 Å². The molecule has 0 unspecified atom stereocenters. The molecule has 1 amide bonds.